The van der Waals surface area contributed by atoms with Gasteiger partial charge >= 0.3 is 0 Å². The quantitative estimate of drug-likeness (QED) is 0.530. The van der Waals surface area contributed by atoms with Crippen LogP contribution in [0.1, 0.15) is 17.0 Å². The largest absolute Gasteiger partial charge is 0.280 e. The normalized spacial score (nSPS) is 11.5. The van der Waals surface area contributed by atoms with Crippen LogP contribution in [0.4, 0.5) is 5.69 Å². The van der Waals surface area contributed by atoms with Gasteiger partial charge in [0.15, 0.2) is 0 Å². The summed E-state index contributed by atoms with van der Waals surface area (Å²) < 4.78 is 32.2. The number of para-hydroxylation sites is 1. The lowest BCUT2D eigenvalue weighted by Crippen LogP contribution is -2.15. The zero-order valence-corrected chi connectivity index (χ0v) is 17.0. The molecule has 0 radical (unpaired) electrons. The van der Waals surface area contributed by atoms with Crippen molar-refractivity contribution >= 4 is 15.7 Å². The Bertz CT molecular complexity index is 1210. The number of sulfonamides is 1. The zero-order chi connectivity index (χ0) is 20.4. The van der Waals surface area contributed by atoms with Gasteiger partial charge < -0.3 is 0 Å². The molecular weight excluding hydrogens is 386 g/mol. The Balaban J connectivity index is 1.58. The highest BCUT2D eigenvalue weighted by molar-refractivity contribution is 7.92. The third-order valence-corrected chi connectivity index (χ3v) is 6.24. The van der Waals surface area contributed by atoms with Crippen molar-refractivity contribution in [3.05, 3.63) is 90.0 Å². The molecule has 148 valence electrons. The van der Waals surface area contributed by atoms with Crippen LogP contribution in [0.15, 0.2) is 78.0 Å². The van der Waals surface area contributed by atoms with Crippen LogP contribution < -0.4 is 4.72 Å². The van der Waals surface area contributed by atoms with E-state index in [1.54, 1.807) is 36.9 Å². The fourth-order valence-corrected chi connectivity index (χ4v) is 4.76. The van der Waals surface area contributed by atoms with Crippen molar-refractivity contribution < 1.29 is 8.42 Å². The summed E-state index contributed by atoms with van der Waals surface area (Å²) in [6.45, 7) is 4.09. The van der Waals surface area contributed by atoms with Crippen LogP contribution in [0.5, 0.6) is 0 Å². The van der Waals surface area contributed by atoms with Gasteiger partial charge in [-0.3, -0.25) is 9.40 Å². The number of benzene rings is 2. The highest BCUT2D eigenvalue weighted by Gasteiger charge is 2.25. The number of aryl methyl sites for hydroxylation is 1. The van der Waals surface area contributed by atoms with Gasteiger partial charge in [-0.1, -0.05) is 30.3 Å². The lowest BCUT2D eigenvalue weighted by molar-refractivity contribution is 0.600. The Labute approximate surface area is 169 Å². The molecule has 4 aromatic rings. The van der Waals surface area contributed by atoms with Crippen molar-refractivity contribution in [1.29, 1.82) is 0 Å². The number of hydrogen-bond donors (Lipinski definition) is 1. The summed E-state index contributed by atoms with van der Waals surface area (Å²) in [5.41, 5.74) is 3.37. The molecule has 0 saturated heterocycles. The third-order valence-electron chi connectivity index (χ3n) is 4.60. The first-order valence-electron chi connectivity index (χ1n) is 9.15. The molecule has 2 aromatic carbocycles. The number of aromatic nitrogens is 4. The molecule has 4 rings (SSSR count). The van der Waals surface area contributed by atoms with Gasteiger partial charge in [0.2, 0.25) is 0 Å². The van der Waals surface area contributed by atoms with E-state index in [1.165, 1.54) is 0 Å². The van der Waals surface area contributed by atoms with Crippen molar-refractivity contribution in [2.45, 2.75) is 25.3 Å². The maximum Gasteiger partial charge on any atom is 0.265 e. The lowest BCUT2D eigenvalue weighted by atomic mass is 10.2. The summed E-state index contributed by atoms with van der Waals surface area (Å²) in [7, 11) is -3.78. The molecule has 2 heterocycles. The van der Waals surface area contributed by atoms with Crippen LogP contribution >= 0.6 is 0 Å². The number of anilines is 1. The van der Waals surface area contributed by atoms with E-state index in [4.69, 9.17) is 0 Å². The van der Waals surface area contributed by atoms with Crippen LogP contribution in [0, 0.1) is 13.8 Å². The molecule has 0 fully saturated rings. The van der Waals surface area contributed by atoms with Crippen LogP contribution in [-0.2, 0) is 16.6 Å². The number of hydrogen-bond acceptors (Lipinski definition) is 4. The number of nitrogens with one attached hydrogen (secondary N) is 1. The second kappa shape index (κ2) is 7.56. The van der Waals surface area contributed by atoms with E-state index in [2.05, 4.69) is 14.9 Å². The minimum Gasteiger partial charge on any atom is -0.280 e. The van der Waals surface area contributed by atoms with E-state index < -0.39 is 10.0 Å². The number of nitrogens with zero attached hydrogens (tertiary/aromatic N) is 4. The summed E-state index contributed by atoms with van der Waals surface area (Å²) in [5, 5.41) is 8.61. The molecule has 8 heteroatoms. The van der Waals surface area contributed by atoms with Crippen LogP contribution in [0.3, 0.4) is 0 Å². The van der Waals surface area contributed by atoms with Crippen molar-refractivity contribution in [2.75, 3.05) is 4.72 Å². The molecule has 7 nitrogen and oxygen atoms in total. The van der Waals surface area contributed by atoms with Crippen LogP contribution in [0.2, 0.25) is 0 Å². The maximum absolute atomic E-state index is 13.1. The van der Waals surface area contributed by atoms with E-state index in [0.29, 0.717) is 23.6 Å². The first-order valence-corrected chi connectivity index (χ1v) is 10.6. The first-order chi connectivity index (χ1) is 13.9. The van der Waals surface area contributed by atoms with E-state index in [1.807, 2.05) is 59.4 Å². The van der Waals surface area contributed by atoms with Gasteiger partial charge in [0.1, 0.15) is 4.90 Å². The second-order valence-corrected chi connectivity index (χ2v) is 8.37. The molecule has 0 spiro atoms. The Kier molecular flexibility index (Phi) is 4.94. The Morgan fingerprint density at radius 2 is 1.69 bits per heavy atom. The highest BCUT2D eigenvalue weighted by atomic mass is 32.2. The summed E-state index contributed by atoms with van der Waals surface area (Å²) >= 11 is 0. The molecule has 0 saturated carbocycles. The van der Waals surface area contributed by atoms with E-state index >= 15 is 0 Å². The van der Waals surface area contributed by atoms with E-state index in [9.17, 15) is 8.42 Å². The molecular formula is C21H21N5O2S. The predicted molar refractivity (Wildman–Crippen MR) is 112 cm³/mol. The van der Waals surface area contributed by atoms with Gasteiger partial charge in [-0.15, -0.1) is 0 Å². The molecule has 1 N–H and O–H groups in total. The average Bonchev–Trinajstić information content (AvgIpc) is 3.31. The van der Waals surface area contributed by atoms with Crippen molar-refractivity contribution in [3.8, 4) is 5.69 Å². The SMILES string of the molecule is Cc1nn(-c2ccccc2)c(C)c1S(=O)(=O)Nc1ccc(Cn2cccn2)cc1. The molecule has 0 amide bonds. The fourth-order valence-electron chi connectivity index (χ4n) is 3.30. The predicted octanol–water partition coefficient (Wildman–Crippen LogP) is 3.53. The monoisotopic (exact) mass is 407 g/mol. The minimum atomic E-state index is -3.78. The summed E-state index contributed by atoms with van der Waals surface area (Å²) in [5.74, 6) is 0. The van der Waals surface area contributed by atoms with Crippen molar-refractivity contribution in [3.63, 3.8) is 0 Å². The summed E-state index contributed by atoms with van der Waals surface area (Å²) in [6.07, 6.45) is 3.61. The molecule has 0 bridgehead atoms. The smallest absolute Gasteiger partial charge is 0.265 e. The van der Waals surface area contributed by atoms with Gasteiger partial charge in [-0.2, -0.15) is 10.2 Å². The van der Waals surface area contributed by atoms with Gasteiger partial charge in [-0.25, -0.2) is 13.1 Å². The van der Waals surface area contributed by atoms with Gasteiger partial charge in [0.05, 0.1) is 23.6 Å². The molecule has 0 atom stereocenters. The minimum absolute atomic E-state index is 0.196. The maximum atomic E-state index is 13.1. The van der Waals surface area contributed by atoms with Gasteiger partial charge in [0.25, 0.3) is 10.0 Å². The van der Waals surface area contributed by atoms with Crippen LogP contribution in [0.25, 0.3) is 5.69 Å². The Morgan fingerprint density at radius 1 is 0.966 bits per heavy atom. The lowest BCUT2D eigenvalue weighted by Gasteiger charge is -2.10. The molecule has 0 aliphatic heterocycles. The molecule has 0 unspecified atom stereocenters. The molecule has 29 heavy (non-hydrogen) atoms. The Hall–Kier alpha value is -3.39. The zero-order valence-electron chi connectivity index (χ0n) is 16.1. The molecule has 0 aliphatic carbocycles. The third kappa shape index (κ3) is 3.93. The summed E-state index contributed by atoms with van der Waals surface area (Å²) in [4.78, 5) is 0.196. The van der Waals surface area contributed by atoms with E-state index in [-0.39, 0.29) is 4.90 Å². The average molecular weight is 407 g/mol. The summed E-state index contributed by atoms with van der Waals surface area (Å²) in [6, 6.07) is 18.6. The standard InChI is InChI=1S/C21H21N5O2S/c1-16-21(17(2)26(23-16)20-7-4-3-5-8-20)29(27,28)24-19-11-9-18(10-12-19)15-25-14-6-13-22-25/h3-14,24H,15H2,1-2H3. The highest BCUT2D eigenvalue weighted by Crippen LogP contribution is 2.25. The second-order valence-electron chi connectivity index (χ2n) is 6.75. The first kappa shape index (κ1) is 18.9. The van der Waals surface area contributed by atoms with Gasteiger partial charge in [-0.05, 0) is 49.7 Å². The van der Waals surface area contributed by atoms with Gasteiger partial charge in [0, 0.05) is 18.1 Å². The van der Waals surface area contributed by atoms with Crippen LogP contribution in [-0.4, -0.2) is 28.0 Å². The topological polar surface area (TPSA) is 81.8 Å². The van der Waals surface area contributed by atoms with E-state index in [0.717, 1.165) is 11.3 Å². The Morgan fingerprint density at radius 3 is 2.34 bits per heavy atom. The number of rotatable bonds is 6. The van der Waals surface area contributed by atoms with Crippen molar-refractivity contribution in [2.24, 2.45) is 0 Å². The molecule has 0 aliphatic rings. The molecule has 2 aromatic heterocycles. The van der Waals surface area contributed by atoms with Crippen molar-refractivity contribution in [1.82, 2.24) is 19.6 Å². The fraction of sp³-hybridized carbons (Fsp3) is 0.143.